The summed E-state index contributed by atoms with van der Waals surface area (Å²) >= 11 is 6.24. The summed E-state index contributed by atoms with van der Waals surface area (Å²) in [5.74, 6) is 0.473. The maximum Gasteiger partial charge on any atom is 0.255 e. The monoisotopic (exact) mass is 438 g/mol. The largest absolute Gasteiger partial charge is 0.489 e. The van der Waals surface area contributed by atoms with Crippen molar-refractivity contribution in [2.45, 2.75) is 31.2 Å². The molecule has 0 fully saturated rings. The Bertz CT molecular complexity index is 1010. The smallest absolute Gasteiger partial charge is 0.255 e. The van der Waals surface area contributed by atoms with E-state index < -0.39 is 15.9 Å². The third-order valence-corrected chi connectivity index (χ3v) is 6.91. The molecule has 0 aliphatic carbocycles. The number of nitrogens with one attached hydrogen (secondary N) is 1. The fourth-order valence-electron chi connectivity index (χ4n) is 2.72. The molecule has 0 radical (unpaired) electrons. The number of nitrogens with zero attached hydrogens (tertiary/aromatic N) is 1. The predicted octanol–water partition coefficient (Wildman–Crippen LogP) is 3.78. The van der Waals surface area contributed by atoms with Crippen molar-refractivity contribution in [1.29, 1.82) is 0 Å². The lowest BCUT2D eigenvalue weighted by atomic mass is 10.1. The number of hydrogen-bond acceptors (Lipinski definition) is 5. The molecule has 0 aromatic heterocycles. The van der Waals surface area contributed by atoms with Crippen molar-refractivity contribution in [2.24, 2.45) is 0 Å². The Labute approximate surface area is 175 Å². The Hall–Kier alpha value is -2.29. The van der Waals surface area contributed by atoms with E-state index in [9.17, 15) is 13.2 Å². The maximum absolute atomic E-state index is 12.6. The molecule has 3 rings (SSSR count). The van der Waals surface area contributed by atoms with Gasteiger partial charge in [-0.2, -0.15) is 4.31 Å². The fraction of sp³-hybridized carbons (Fsp3) is 0.350. The van der Waals surface area contributed by atoms with E-state index >= 15 is 0 Å². The van der Waals surface area contributed by atoms with Crippen LogP contribution in [0.3, 0.4) is 0 Å². The molecule has 1 heterocycles. The van der Waals surface area contributed by atoms with E-state index in [4.69, 9.17) is 21.1 Å². The Kier molecular flexibility index (Phi) is 6.36. The van der Waals surface area contributed by atoms with Crippen LogP contribution in [0.2, 0.25) is 5.02 Å². The van der Waals surface area contributed by atoms with E-state index in [2.05, 4.69) is 5.32 Å². The molecule has 9 heteroatoms. The maximum atomic E-state index is 12.6. The third kappa shape index (κ3) is 4.66. The molecule has 0 atom stereocenters. The highest BCUT2D eigenvalue weighted by Gasteiger charge is 2.23. The lowest BCUT2D eigenvalue weighted by Gasteiger charge is -2.21. The first-order valence-electron chi connectivity index (χ1n) is 9.18. The van der Waals surface area contributed by atoms with Gasteiger partial charge in [-0.1, -0.05) is 11.6 Å². The molecule has 0 spiro atoms. The van der Waals surface area contributed by atoms with Gasteiger partial charge in [0.15, 0.2) is 11.5 Å². The number of amides is 1. The van der Waals surface area contributed by atoms with Gasteiger partial charge in [0.2, 0.25) is 10.0 Å². The second-order valence-electron chi connectivity index (χ2n) is 6.93. The SMILES string of the molecule is CC(C)N(C)S(=O)(=O)c1ccc(NC(=O)c2cc(Cl)c3c(c2)OCCCO3)cc1. The van der Waals surface area contributed by atoms with E-state index in [0.29, 0.717) is 41.0 Å². The molecule has 29 heavy (non-hydrogen) atoms. The minimum Gasteiger partial charge on any atom is -0.489 e. The molecule has 0 saturated carbocycles. The number of rotatable bonds is 5. The van der Waals surface area contributed by atoms with Crippen LogP contribution in [0, 0.1) is 0 Å². The molecule has 1 aliphatic rings. The first kappa shape index (κ1) is 21.4. The summed E-state index contributed by atoms with van der Waals surface area (Å²) in [6, 6.07) is 8.95. The van der Waals surface area contributed by atoms with Crippen LogP contribution in [0.1, 0.15) is 30.6 Å². The van der Waals surface area contributed by atoms with Crippen molar-refractivity contribution in [3.63, 3.8) is 0 Å². The molecule has 2 aromatic rings. The van der Waals surface area contributed by atoms with E-state index in [1.807, 2.05) is 0 Å². The van der Waals surface area contributed by atoms with Crippen molar-refractivity contribution >= 4 is 33.2 Å². The Morgan fingerprint density at radius 3 is 2.45 bits per heavy atom. The number of ether oxygens (including phenoxy) is 2. The number of carbonyl (C=O) groups excluding carboxylic acids is 1. The number of sulfonamides is 1. The normalized spacial score (nSPS) is 14.0. The number of carbonyl (C=O) groups is 1. The van der Waals surface area contributed by atoms with Crippen molar-refractivity contribution in [3.05, 3.63) is 47.0 Å². The Morgan fingerprint density at radius 2 is 1.79 bits per heavy atom. The molecule has 1 N–H and O–H groups in total. The molecule has 2 aromatic carbocycles. The van der Waals surface area contributed by atoms with Crippen LogP contribution < -0.4 is 14.8 Å². The van der Waals surface area contributed by atoms with Crippen molar-refractivity contribution < 1.29 is 22.7 Å². The molecule has 0 unspecified atom stereocenters. The molecule has 1 aliphatic heterocycles. The molecule has 0 bridgehead atoms. The predicted molar refractivity (Wildman–Crippen MR) is 112 cm³/mol. The second kappa shape index (κ2) is 8.61. The van der Waals surface area contributed by atoms with Crippen LogP contribution in [0.5, 0.6) is 11.5 Å². The standard InChI is InChI=1S/C20H23ClN2O5S/c1-13(2)23(3)29(25,26)16-7-5-15(6-8-16)22-20(24)14-11-17(21)19-18(12-14)27-9-4-10-28-19/h5-8,11-13H,4,9-10H2,1-3H3,(H,22,24). The molecule has 0 saturated heterocycles. The zero-order valence-corrected chi connectivity index (χ0v) is 18.0. The summed E-state index contributed by atoms with van der Waals surface area (Å²) in [5, 5.41) is 3.03. The van der Waals surface area contributed by atoms with Gasteiger partial charge in [-0.15, -0.1) is 0 Å². The Morgan fingerprint density at radius 1 is 1.14 bits per heavy atom. The number of hydrogen-bond donors (Lipinski definition) is 1. The number of benzene rings is 2. The van der Waals surface area contributed by atoms with Crippen molar-refractivity contribution in [2.75, 3.05) is 25.6 Å². The highest BCUT2D eigenvalue weighted by molar-refractivity contribution is 7.89. The fourth-order valence-corrected chi connectivity index (χ4v) is 4.35. The van der Waals surface area contributed by atoms with Crippen LogP contribution >= 0.6 is 11.6 Å². The topological polar surface area (TPSA) is 84.9 Å². The van der Waals surface area contributed by atoms with Gasteiger partial charge in [0.25, 0.3) is 5.91 Å². The van der Waals surface area contributed by atoms with Gasteiger partial charge in [-0.25, -0.2) is 8.42 Å². The van der Waals surface area contributed by atoms with Gasteiger partial charge in [-0.05, 0) is 50.2 Å². The van der Waals surface area contributed by atoms with Gasteiger partial charge < -0.3 is 14.8 Å². The van der Waals surface area contributed by atoms with Gasteiger partial charge in [0.05, 0.1) is 23.1 Å². The highest BCUT2D eigenvalue weighted by Crippen LogP contribution is 2.38. The van der Waals surface area contributed by atoms with Gasteiger partial charge in [-0.3, -0.25) is 4.79 Å². The van der Waals surface area contributed by atoms with E-state index in [0.717, 1.165) is 6.42 Å². The minimum atomic E-state index is -3.58. The number of anilines is 1. The molecule has 1 amide bonds. The summed E-state index contributed by atoms with van der Waals surface area (Å²) in [6.07, 6.45) is 0.730. The molecular formula is C20H23ClN2O5S. The van der Waals surface area contributed by atoms with Gasteiger partial charge >= 0.3 is 0 Å². The summed E-state index contributed by atoms with van der Waals surface area (Å²) in [7, 11) is -2.05. The number of halogens is 1. The lowest BCUT2D eigenvalue weighted by Crippen LogP contribution is -2.33. The van der Waals surface area contributed by atoms with E-state index in [1.54, 1.807) is 32.0 Å². The molecule has 7 nitrogen and oxygen atoms in total. The first-order chi connectivity index (χ1) is 13.7. The molecular weight excluding hydrogens is 416 g/mol. The van der Waals surface area contributed by atoms with Crippen LogP contribution in [0.4, 0.5) is 5.69 Å². The van der Waals surface area contributed by atoms with E-state index in [-0.39, 0.29) is 10.9 Å². The average Bonchev–Trinajstić information content (AvgIpc) is 2.93. The molecule has 156 valence electrons. The lowest BCUT2D eigenvalue weighted by molar-refractivity contribution is 0.102. The average molecular weight is 439 g/mol. The second-order valence-corrected chi connectivity index (χ2v) is 9.33. The zero-order valence-electron chi connectivity index (χ0n) is 16.4. The number of fused-ring (bicyclic) bond motifs is 1. The Balaban J connectivity index is 1.78. The summed E-state index contributed by atoms with van der Waals surface area (Å²) < 4.78 is 37.5. The highest BCUT2D eigenvalue weighted by atomic mass is 35.5. The third-order valence-electron chi connectivity index (χ3n) is 4.58. The first-order valence-corrected chi connectivity index (χ1v) is 11.0. The van der Waals surface area contributed by atoms with Crippen LogP contribution in [0.15, 0.2) is 41.3 Å². The van der Waals surface area contributed by atoms with Gasteiger partial charge in [0, 0.05) is 30.8 Å². The van der Waals surface area contributed by atoms with Crippen LogP contribution in [-0.4, -0.2) is 44.9 Å². The summed E-state index contributed by atoms with van der Waals surface area (Å²) in [5.41, 5.74) is 0.778. The van der Waals surface area contributed by atoms with Crippen LogP contribution in [-0.2, 0) is 10.0 Å². The van der Waals surface area contributed by atoms with Crippen molar-refractivity contribution in [3.8, 4) is 11.5 Å². The zero-order chi connectivity index (χ0) is 21.2. The van der Waals surface area contributed by atoms with Crippen molar-refractivity contribution in [1.82, 2.24) is 4.31 Å². The summed E-state index contributed by atoms with van der Waals surface area (Å²) in [6.45, 7) is 4.58. The van der Waals surface area contributed by atoms with E-state index in [1.165, 1.54) is 29.6 Å². The summed E-state index contributed by atoms with van der Waals surface area (Å²) in [4.78, 5) is 12.8. The van der Waals surface area contributed by atoms with Crippen LogP contribution in [0.25, 0.3) is 0 Å². The quantitative estimate of drug-likeness (QED) is 0.767. The minimum absolute atomic E-state index is 0.158. The van der Waals surface area contributed by atoms with Gasteiger partial charge in [0.1, 0.15) is 0 Å².